The van der Waals surface area contributed by atoms with Crippen molar-refractivity contribution in [2.75, 3.05) is 13.2 Å². The molecule has 0 radical (unpaired) electrons. The summed E-state index contributed by atoms with van der Waals surface area (Å²) in [6, 6.07) is 0. The molecule has 0 aromatic heterocycles. The molecule has 0 saturated carbocycles. The first kappa shape index (κ1) is 70.2. The Hall–Kier alpha value is -2.80. The highest BCUT2D eigenvalue weighted by Crippen LogP contribution is 2.61. The summed E-state index contributed by atoms with van der Waals surface area (Å²) in [6.45, 7) is 25.1. The number of phosphoric acid groups is 2. The zero-order chi connectivity index (χ0) is 56.4. The van der Waals surface area contributed by atoms with E-state index in [0.29, 0.717) is 6.42 Å². The minimum absolute atomic E-state index is 0.399. The van der Waals surface area contributed by atoms with Gasteiger partial charge < -0.3 is 34.9 Å². The van der Waals surface area contributed by atoms with E-state index in [4.69, 9.17) is 9.26 Å². The van der Waals surface area contributed by atoms with Gasteiger partial charge in [0, 0.05) is 0 Å². The molecule has 1 aliphatic rings. The van der Waals surface area contributed by atoms with Crippen LogP contribution in [-0.2, 0) is 27.2 Å². The van der Waals surface area contributed by atoms with E-state index in [0.717, 1.165) is 121 Å². The highest BCUT2D eigenvalue weighted by Gasteiger charge is 2.48. The minimum atomic E-state index is -5.38. The largest absolute Gasteiger partial charge is 0.483 e. The van der Waals surface area contributed by atoms with Gasteiger partial charge in [-0.05, 0) is 212 Å². The smallest absolute Gasteiger partial charge is 0.394 e. The van der Waals surface area contributed by atoms with Gasteiger partial charge in [-0.15, -0.1) is 0 Å². The van der Waals surface area contributed by atoms with Gasteiger partial charge in [-0.25, -0.2) is 9.13 Å². The number of hydrogen-bond donors (Lipinski definition) is 6. The van der Waals surface area contributed by atoms with Crippen LogP contribution < -0.4 is 0 Å². The topological polar surface area (TPSA) is 192 Å². The monoisotopic (exact) mass is 1090 g/mol. The van der Waals surface area contributed by atoms with Crippen LogP contribution in [-0.4, -0.2) is 74.1 Å². The number of phosphoric ester groups is 2. The van der Waals surface area contributed by atoms with Crippen molar-refractivity contribution in [1.29, 1.82) is 0 Å². The standard InChI is InChI=1S/C61H102O12P2/c1-46(2)23-13-24-47(3)25-14-26-48(4)27-15-28-49(5)29-16-30-50(6)31-17-32-51(7)33-18-34-52(8)35-19-36-53(9)37-20-38-54(10)39-21-40-55(11)41-22-42-56(12)43-44-70-74(66,67)73-75(68,69)72-61-60(65)59(64)58(63)57(45-62)71-61/h23,25,27,29,31,33,35,37,39,41,43,57-65H,13-22,24,26,28,30,32,34,36,38,40,42,44-45H2,1-12H3,(H,66,67)(H,68,69)/b47-25+,48-27+,49-29+,50-31+,51-33+,52-35+,53-37+,54-39+,55-41+,56-43+. The van der Waals surface area contributed by atoms with Crippen molar-refractivity contribution in [1.82, 2.24) is 0 Å². The summed E-state index contributed by atoms with van der Waals surface area (Å²) in [6.07, 6.45) is 37.4. The summed E-state index contributed by atoms with van der Waals surface area (Å²) in [7, 11) is -10.5. The lowest BCUT2D eigenvalue weighted by molar-refractivity contribution is -0.280. The van der Waals surface area contributed by atoms with E-state index < -0.39 is 59.6 Å². The maximum absolute atomic E-state index is 12.4. The van der Waals surface area contributed by atoms with Gasteiger partial charge >= 0.3 is 15.6 Å². The molecule has 0 aromatic rings. The molecular formula is C61H102O12P2. The molecule has 0 bridgehead atoms. The molecule has 7 atom stereocenters. The van der Waals surface area contributed by atoms with E-state index in [1.54, 1.807) is 6.08 Å². The third kappa shape index (κ3) is 36.1. The minimum Gasteiger partial charge on any atom is -0.394 e. The molecule has 6 N–H and O–H groups in total. The summed E-state index contributed by atoms with van der Waals surface area (Å²) in [4.78, 5) is 19.9. The molecule has 12 nitrogen and oxygen atoms in total. The van der Waals surface area contributed by atoms with Crippen LogP contribution in [0.25, 0.3) is 0 Å². The van der Waals surface area contributed by atoms with Crippen molar-refractivity contribution < 1.29 is 57.4 Å². The van der Waals surface area contributed by atoms with Crippen LogP contribution in [0.15, 0.2) is 128 Å². The predicted octanol–water partition coefficient (Wildman–Crippen LogP) is 16.3. The fourth-order valence-electron chi connectivity index (χ4n) is 8.26. The van der Waals surface area contributed by atoms with Crippen molar-refractivity contribution in [3.05, 3.63) is 128 Å². The highest BCUT2D eigenvalue weighted by atomic mass is 31.3. The number of allylic oxidation sites excluding steroid dienone is 21. The fraction of sp³-hybridized carbons (Fsp3) is 0.639. The van der Waals surface area contributed by atoms with Crippen LogP contribution in [0.3, 0.4) is 0 Å². The molecule has 75 heavy (non-hydrogen) atoms. The molecule has 1 rings (SSSR count). The van der Waals surface area contributed by atoms with Gasteiger partial charge in [0.15, 0.2) is 6.29 Å². The maximum Gasteiger partial charge on any atom is 0.483 e. The van der Waals surface area contributed by atoms with Gasteiger partial charge in [0.1, 0.15) is 24.4 Å². The van der Waals surface area contributed by atoms with Crippen LogP contribution in [0.2, 0.25) is 0 Å². The van der Waals surface area contributed by atoms with Gasteiger partial charge in [0.25, 0.3) is 0 Å². The average molecular weight is 1090 g/mol. The van der Waals surface area contributed by atoms with Crippen LogP contribution in [0.5, 0.6) is 0 Å². The second-order valence-corrected chi connectivity index (χ2v) is 24.3. The molecule has 428 valence electrons. The number of ether oxygens (including phenoxy) is 1. The Morgan fingerprint density at radius 3 is 0.933 bits per heavy atom. The zero-order valence-electron chi connectivity index (χ0n) is 48.3. The van der Waals surface area contributed by atoms with E-state index >= 15 is 0 Å². The van der Waals surface area contributed by atoms with E-state index in [2.05, 4.69) is 146 Å². The Morgan fingerprint density at radius 2 is 0.667 bits per heavy atom. The molecule has 1 fully saturated rings. The van der Waals surface area contributed by atoms with Gasteiger partial charge in [-0.2, -0.15) is 4.31 Å². The summed E-state index contributed by atoms with van der Waals surface area (Å²) < 4.78 is 43.3. The molecular weight excluding hydrogens is 987 g/mol. The lowest BCUT2D eigenvalue weighted by Gasteiger charge is -2.39. The van der Waals surface area contributed by atoms with Crippen molar-refractivity contribution in [3.8, 4) is 0 Å². The lowest BCUT2D eigenvalue weighted by Crippen LogP contribution is -2.58. The first-order valence-electron chi connectivity index (χ1n) is 27.5. The first-order chi connectivity index (χ1) is 35.3. The fourth-order valence-corrected chi connectivity index (χ4v) is 10.3. The van der Waals surface area contributed by atoms with Gasteiger partial charge in [-0.3, -0.25) is 9.05 Å². The molecule has 1 saturated heterocycles. The van der Waals surface area contributed by atoms with E-state index in [-0.39, 0.29) is 0 Å². The lowest BCUT2D eigenvalue weighted by atomic mass is 10.00. The van der Waals surface area contributed by atoms with Crippen molar-refractivity contribution in [2.45, 2.75) is 242 Å². The SMILES string of the molecule is CC(C)=CCC/C(C)=C/CC/C(C)=C/CC/C(C)=C/CC/C(C)=C/CC/C(C)=C/CC/C(C)=C/CC/C(C)=C/CC/C(C)=C/CC/C(C)=C/CC/C(C)=C/COP(=O)(O)OP(=O)(O)OC1OC(CO)C(O)C(O)C1O. The molecule has 0 aromatic carbocycles. The highest BCUT2D eigenvalue weighted by molar-refractivity contribution is 7.61. The van der Waals surface area contributed by atoms with Gasteiger partial charge in [0.05, 0.1) is 13.2 Å². The Balaban J connectivity index is 2.29. The average Bonchev–Trinajstić information content (AvgIpc) is 3.31. The molecule has 1 heterocycles. The molecule has 7 unspecified atom stereocenters. The Kier molecular flexibility index (Phi) is 37.0. The van der Waals surface area contributed by atoms with Crippen LogP contribution in [0.1, 0.15) is 212 Å². The first-order valence-corrected chi connectivity index (χ1v) is 30.5. The Bertz CT molecular complexity index is 2130. The van der Waals surface area contributed by atoms with E-state index in [9.17, 15) is 39.3 Å². The van der Waals surface area contributed by atoms with Gasteiger partial charge in [-0.1, -0.05) is 128 Å². The molecule has 1 aliphatic heterocycles. The normalized spacial score (nSPS) is 22.1. The summed E-state index contributed by atoms with van der Waals surface area (Å²) in [5, 5.41) is 39.0. The summed E-state index contributed by atoms with van der Waals surface area (Å²) in [5.74, 6) is 0. The molecule has 14 heteroatoms. The second-order valence-electron chi connectivity index (χ2n) is 21.3. The maximum atomic E-state index is 12.4. The Labute approximate surface area is 454 Å². The zero-order valence-corrected chi connectivity index (χ0v) is 50.1. The number of aliphatic hydroxyl groups excluding tert-OH is 4. The van der Waals surface area contributed by atoms with E-state index in [1.165, 1.54) is 62.2 Å². The molecule has 0 aliphatic carbocycles. The van der Waals surface area contributed by atoms with Crippen molar-refractivity contribution in [2.24, 2.45) is 0 Å². The summed E-state index contributed by atoms with van der Waals surface area (Å²) >= 11 is 0. The van der Waals surface area contributed by atoms with Crippen molar-refractivity contribution >= 4 is 15.6 Å². The predicted molar refractivity (Wildman–Crippen MR) is 311 cm³/mol. The third-order valence-electron chi connectivity index (χ3n) is 13.3. The number of aliphatic hydroxyl groups is 4. The van der Waals surface area contributed by atoms with Crippen LogP contribution in [0.4, 0.5) is 0 Å². The third-order valence-corrected chi connectivity index (χ3v) is 15.9. The molecule has 0 amide bonds. The van der Waals surface area contributed by atoms with Crippen LogP contribution in [0, 0.1) is 0 Å². The Morgan fingerprint density at radius 1 is 0.400 bits per heavy atom. The molecule has 0 spiro atoms. The summed E-state index contributed by atoms with van der Waals surface area (Å²) in [5.41, 5.74) is 15.3. The van der Waals surface area contributed by atoms with E-state index in [1.807, 2.05) is 6.92 Å². The second kappa shape index (κ2) is 39.5. The quantitative estimate of drug-likeness (QED) is 0.0254. The van der Waals surface area contributed by atoms with Gasteiger partial charge in [0.2, 0.25) is 0 Å². The van der Waals surface area contributed by atoms with Crippen LogP contribution >= 0.6 is 15.6 Å². The van der Waals surface area contributed by atoms with Crippen molar-refractivity contribution in [3.63, 3.8) is 0 Å². The number of hydrogen-bond acceptors (Lipinski definition) is 10. The number of rotatable bonds is 38.